The van der Waals surface area contributed by atoms with Crippen molar-refractivity contribution in [1.29, 1.82) is 0 Å². The topological polar surface area (TPSA) is 168 Å². The summed E-state index contributed by atoms with van der Waals surface area (Å²) in [5.74, 6) is -3.22. The molecule has 4 heterocycles. The number of ketones is 1. The van der Waals surface area contributed by atoms with Crippen LogP contribution >= 0.6 is 11.3 Å². The highest BCUT2D eigenvalue weighted by Gasteiger charge is 2.66. The fourth-order valence-electron chi connectivity index (χ4n) is 6.21. The number of aliphatic carboxylic acids is 1. The van der Waals surface area contributed by atoms with Crippen LogP contribution in [0.1, 0.15) is 67.7 Å². The molecule has 210 valence electrons. The van der Waals surface area contributed by atoms with Crippen LogP contribution in [0.15, 0.2) is 18.2 Å². The molecular formula is C26H31N3O9S. The molecule has 1 amide bonds. The van der Waals surface area contributed by atoms with Gasteiger partial charge in [0.25, 0.3) is 0 Å². The van der Waals surface area contributed by atoms with Crippen LogP contribution in [0.5, 0.6) is 0 Å². The summed E-state index contributed by atoms with van der Waals surface area (Å²) in [5.41, 5.74) is -0.828. The number of β-lactam (4-membered cyclic amide) rings is 1. The predicted molar refractivity (Wildman–Crippen MR) is 137 cm³/mol. The number of aliphatic hydroxyl groups excluding tert-OH is 2. The molecule has 2 fully saturated rings. The SMILES string of the molecule is C[C@@H](O)[C@H]1C(=O)N2C(C(=O)O)=C(c3cn4cnc(C(=O)CO)c4s3)C(C)(CCOC(=O)OC3CCCCC3)[C@@H]12. The highest BCUT2D eigenvalue weighted by atomic mass is 32.1. The van der Waals surface area contributed by atoms with Crippen molar-refractivity contribution in [3.8, 4) is 0 Å². The number of ether oxygens (including phenoxy) is 2. The number of aromatic nitrogens is 2. The molecular weight excluding hydrogens is 530 g/mol. The Bertz CT molecular complexity index is 1360. The summed E-state index contributed by atoms with van der Waals surface area (Å²) in [7, 11) is 0. The highest BCUT2D eigenvalue weighted by Crippen LogP contribution is 2.60. The van der Waals surface area contributed by atoms with Crippen LogP contribution in [0, 0.1) is 11.3 Å². The Morgan fingerprint density at radius 2 is 1.97 bits per heavy atom. The van der Waals surface area contributed by atoms with E-state index in [1.165, 1.54) is 18.2 Å². The lowest BCUT2D eigenvalue weighted by atomic mass is 9.66. The second kappa shape index (κ2) is 10.4. The first-order valence-corrected chi connectivity index (χ1v) is 13.8. The number of carbonyl (C=O) groups is 4. The first-order valence-electron chi connectivity index (χ1n) is 13.0. The Morgan fingerprint density at radius 3 is 2.62 bits per heavy atom. The van der Waals surface area contributed by atoms with Crippen LogP contribution < -0.4 is 0 Å². The fraction of sp³-hybridized carbons (Fsp3) is 0.577. The summed E-state index contributed by atoms with van der Waals surface area (Å²) in [4.78, 5) is 56.3. The van der Waals surface area contributed by atoms with Crippen molar-refractivity contribution >= 4 is 45.6 Å². The number of carbonyl (C=O) groups excluding carboxylic acids is 3. The molecule has 2 aromatic rings. The fourth-order valence-corrected chi connectivity index (χ4v) is 7.49. The quantitative estimate of drug-likeness (QED) is 0.235. The van der Waals surface area contributed by atoms with E-state index >= 15 is 0 Å². The number of carboxylic acid groups (broad SMARTS) is 1. The first-order chi connectivity index (χ1) is 18.6. The minimum atomic E-state index is -1.31. The summed E-state index contributed by atoms with van der Waals surface area (Å²) in [6.45, 7) is 2.46. The number of imidazole rings is 1. The zero-order valence-electron chi connectivity index (χ0n) is 21.7. The van der Waals surface area contributed by atoms with Gasteiger partial charge in [-0.2, -0.15) is 0 Å². The van der Waals surface area contributed by atoms with Gasteiger partial charge in [-0.25, -0.2) is 14.6 Å². The molecule has 1 saturated carbocycles. The van der Waals surface area contributed by atoms with Crippen LogP contribution in [0.25, 0.3) is 10.4 Å². The number of thiazole rings is 1. The normalized spacial score (nSPS) is 25.9. The third-order valence-corrected chi connectivity index (χ3v) is 9.21. The van der Waals surface area contributed by atoms with Gasteiger partial charge in [0.05, 0.1) is 29.5 Å². The molecule has 3 N–H and O–H groups in total. The van der Waals surface area contributed by atoms with Gasteiger partial charge in [-0.1, -0.05) is 13.3 Å². The number of hydrogen-bond donors (Lipinski definition) is 3. The Morgan fingerprint density at radius 1 is 1.26 bits per heavy atom. The molecule has 13 heteroatoms. The molecule has 39 heavy (non-hydrogen) atoms. The van der Waals surface area contributed by atoms with E-state index in [0.717, 1.165) is 43.4 Å². The molecule has 0 spiro atoms. The van der Waals surface area contributed by atoms with Crippen molar-refractivity contribution in [1.82, 2.24) is 14.3 Å². The first kappa shape index (κ1) is 27.3. The van der Waals surface area contributed by atoms with E-state index < -0.39 is 53.9 Å². The second-order valence-corrected chi connectivity index (χ2v) is 11.6. The molecule has 0 radical (unpaired) electrons. The molecule has 1 saturated heterocycles. The lowest BCUT2D eigenvalue weighted by Gasteiger charge is -2.50. The average molecular weight is 562 g/mol. The number of hydrogen-bond acceptors (Lipinski definition) is 10. The summed E-state index contributed by atoms with van der Waals surface area (Å²) in [5, 5.41) is 30.0. The van der Waals surface area contributed by atoms with Gasteiger partial charge in [0.1, 0.15) is 35.3 Å². The van der Waals surface area contributed by atoms with Crippen LogP contribution in [-0.4, -0.2) is 84.9 Å². The van der Waals surface area contributed by atoms with Gasteiger partial charge >= 0.3 is 12.1 Å². The van der Waals surface area contributed by atoms with E-state index in [0.29, 0.717) is 15.3 Å². The monoisotopic (exact) mass is 561 g/mol. The van der Waals surface area contributed by atoms with Gasteiger partial charge in [-0.15, -0.1) is 11.3 Å². The van der Waals surface area contributed by atoms with E-state index in [2.05, 4.69) is 4.98 Å². The Hall–Kier alpha value is -3.29. The van der Waals surface area contributed by atoms with E-state index in [9.17, 15) is 34.5 Å². The Kier molecular flexibility index (Phi) is 7.25. The Labute approximate surface area is 227 Å². The molecule has 4 atom stereocenters. The lowest BCUT2D eigenvalue weighted by molar-refractivity contribution is -0.167. The summed E-state index contributed by atoms with van der Waals surface area (Å²) >= 11 is 1.12. The van der Waals surface area contributed by atoms with Crippen molar-refractivity contribution in [2.75, 3.05) is 13.2 Å². The summed E-state index contributed by atoms with van der Waals surface area (Å²) < 4.78 is 12.4. The summed E-state index contributed by atoms with van der Waals surface area (Å²) in [6, 6.07) is -0.679. The predicted octanol–water partition coefficient (Wildman–Crippen LogP) is 2.47. The number of carboxylic acids is 1. The molecule has 3 aliphatic rings. The maximum absolute atomic E-state index is 13.1. The number of Topliss-reactive ketones (excluding diaryl/α,β-unsaturated/α-hetero) is 1. The zero-order valence-corrected chi connectivity index (χ0v) is 22.5. The zero-order chi connectivity index (χ0) is 28.1. The molecule has 2 aromatic heterocycles. The Balaban J connectivity index is 1.49. The number of nitrogens with zero attached hydrogens (tertiary/aromatic N) is 3. The average Bonchev–Trinajstić information content (AvgIpc) is 3.52. The van der Waals surface area contributed by atoms with E-state index in [-0.39, 0.29) is 30.5 Å². The molecule has 1 aliphatic carbocycles. The van der Waals surface area contributed by atoms with Gasteiger partial charge in [-0.05, 0) is 39.0 Å². The molecule has 0 bridgehead atoms. The van der Waals surface area contributed by atoms with E-state index in [1.807, 2.05) is 0 Å². The third kappa shape index (κ3) is 4.51. The van der Waals surface area contributed by atoms with Crippen LogP contribution in [0.4, 0.5) is 4.79 Å². The van der Waals surface area contributed by atoms with Gasteiger partial charge in [0.15, 0.2) is 0 Å². The number of amides is 1. The third-order valence-electron chi connectivity index (χ3n) is 8.09. The minimum absolute atomic E-state index is 0.0564. The maximum atomic E-state index is 13.1. The number of rotatable bonds is 9. The smallest absolute Gasteiger partial charge is 0.477 e. The van der Waals surface area contributed by atoms with Gasteiger partial charge in [0, 0.05) is 17.2 Å². The van der Waals surface area contributed by atoms with Crippen LogP contribution in [0.2, 0.25) is 0 Å². The van der Waals surface area contributed by atoms with E-state index in [4.69, 9.17) is 9.47 Å². The van der Waals surface area contributed by atoms with Crippen molar-refractivity contribution in [3.63, 3.8) is 0 Å². The largest absolute Gasteiger partial charge is 0.508 e. The van der Waals surface area contributed by atoms with Gasteiger partial charge < -0.3 is 29.7 Å². The number of aliphatic hydroxyl groups is 2. The molecule has 0 aromatic carbocycles. The number of fused-ring (bicyclic) bond motifs is 2. The van der Waals surface area contributed by atoms with E-state index in [1.54, 1.807) is 17.5 Å². The lowest BCUT2D eigenvalue weighted by Crippen LogP contribution is -2.66. The molecule has 2 aliphatic heterocycles. The summed E-state index contributed by atoms with van der Waals surface area (Å²) in [6.07, 6.45) is 5.86. The molecule has 5 rings (SSSR count). The van der Waals surface area contributed by atoms with Crippen molar-refractivity contribution in [3.05, 3.63) is 28.8 Å². The van der Waals surface area contributed by atoms with Crippen LogP contribution in [-0.2, 0) is 19.1 Å². The van der Waals surface area contributed by atoms with Crippen molar-refractivity contribution in [2.45, 2.75) is 70.6 Å². The highest BCUT2D eigenvalue weighted by molar-refractivity contribution is 7.18. The maximum Gasteiger partial charge on any atom is 0.508 e. The standard InChI is InChI=1S/C26H31N3O9S/c1-13(31)17-21-26(2,8-9-37-25(36)38-14-6-4-3-5-7-14)18(20(24(34)35)29(21)22(17)33)16-10-28-12-27-19(15(32)11-30)23(28)39-16/h10,12-14,17,21,30-31H,3-9,11H2,1-2H3,(H,34,35)/t13-,17-,21-,26?/m1/s1. The molecule has 1 unspecified atom stereocenters. The second-order valence-electron chi connectivity index (χ2n) is 10.6. The van der Waals surface area contributed by atoms with Gasteiger partial charge in [-0.3, -0.25) is 14.0 Å². The van der Waals surface area contributed by atoms with Gasteiger partial charge in [0.2, 0.25) is 11.7 Å². The van der Waals surface area contributed by atoms with Crippen molar-refractivity contribution < 1.29 is 44.0 Å². The minimum Gasteiger partial charge on any atom is -0.477 e. The van der Waals surface area contributed by atoms with Crippen molar-refractivity contribution in [2.24, 2.45) is 11.3 Å². The van der Waals surface area contributed by atoms with Crippen LogP contribution in [0.3, 0.4) is 0 Å². The molecule has 12 nitrogen and oxygen atoms in total.